The maximum Gasteiger partial charge on any atom is 0.340 e. The number of nitrogens with two attached hydrogens (primary N) is 2. The van der Waals surface area contributed by atoms with Gasteiger partial charge in [-0.05, 0) is 19.9 Å². The van der Waals surface area contributed by atoms with Crippen LogP contribution in [0.15, 0.2) is 12.3 Å². The molecule has 0 aromatic carbocycles. The minimum absolute atomic E-state index is 0.219. The van der Waals surface area contributed by atoms with Gasteiger partial charge in [0.25, 0.3) is 0 Å². The summed E-state index contributed by atoms with van der Waals surface area (Å²) in [5.74, 6) is -0.551. The number of ether oxygens (including phenoxy) is 1. The highest BCUT2D eigenvalue weighted by Crippen LogP contribution is 2.18. The lowest BCUT2D eigenvalue weighted by Crippen LogP contribution is -2.37. The van der Waals surface area contributed by atoms with Crippen LogP contribution in [0, 0.1) is 5.41 Å². The molecule has 0 radical (unpaired) electrons. The number of aromatic nitrogens is 1. The van der Waals surface area contributed by atoms with Gasteiger partial charge in [0.15, 0.2) is 0 Å². The van der Waals surface area contributed by atoms with Crippen LogP contribution in [0.4, 0.5) is 11.5 Å². The van der Waals surface area contributed by atoms with Gasteiger partial charge in [0, 0.05) is 6.54 Å². The minimum atomic E-state index is -0.728. The van der Waals surface area contributed by atoms with Gasteiger partial charge in [-0.25, -0.2) is 9.78 Å². The second-order valence-electron chi connectivity index (χ2n) is 4.75. The summed E-state index contributed by atoms with van der Waals surface area (Å²) in [6.45, 7) is 3.71. The third-order valence-electron chi connectivity index (χ3n) is 2.72. The number of hydrogen-bond acceptors (Lipinski definition) is 6. The maximum absolute atomic E-state index is 11.5. The van der Waals surface area contributed by atoms with E-state index in [1.54, 1.807) is 13.8 Å². The summed E-state index contributed by atoms with van der Waals surface area (Å²) < 4.78 is 4.61. The van der Waals surface area contributed by atoms with E-state index in [9.17, 15) is 9.59 Å². The van der Waals surface area contributed by atoms with Crippen molar-refractivity contribution in [2.75, 3.05) is 24.7 Å². The van der Waals surface area contributed by atoms with Gasteiger partial charge in [0.05, 0.1) is 30.0 Å². The molecule has 1 heterocycles. The number of pyridine rings is 1. The lowest BCUT2D eigenvalue weighted by Gasteiger charge is -2.21. The van der Waals surface area contributed by atoms with E-state index in [0.717, 1.165) is 0 Å². The molecular formula is C12H18N4O3. The zero-order valence-corrected chi connectivity index (χ0v) is 11.2. The Hall–Kier alpha value is -2.31. The zero-order valence-electron chi connectivity index (χ0n) is 11.2. The van der Waals surface area contributed by atoms with E-state index < -0.39 is 17.3 Å². The normalized spacial score (nSPS) is 10.9. The Morgan fingerprint density at radius 2 is 2.11 bits per heavy atom. The Morgan fingerprint density at radius 1 is 1.47 bits per heavy atom. The Bertz CT molecular complexity index is 500. The highest BCUT2D eigenvalue weighted by molar-refractivity contribution is 5.95. The topological polar surface area (TPSA) is 120 Å². The highest BCUT2D eigenvalue weighted by Gasteiger charge is 2.24. The molecule has 0 unspecified atom stereocenters. The molecule has 0 saturated carbocycles. The van der Waals surface area contributed by atoms with Crippen LogP contribution in [-0.4, -0.2) is 30.5 Å². The van der Waals surface area contributed by atoms with Crippen molar-refractivity contribution in [3.63, 3.8) is 0 Å². The molecule has 0 aliphatic rings. The fourth-order valence-corrected chi connectivity index (χ4v) is 1.25. The molecule has 7 heteroatoms. The molecule has 0 saturated heterocycles. The van der Waals surface area contributed by atoms with E-state index in [2.05, 4.69) is 15.0 Å². The maximum atomic E-state index is 11.5. The predicted octanol–water partition coefficient (Wildman–Crippen LogP) is 0.374. The van der Waals surface area contributed by atoms with Crippen LogP contribution in [0.2, 0.25) is 0 Å². The summed E-state index contributed by atoms with van der Waals surface area (Å²) >= 11 is 0. The van der Waals surface area contributed by atoms with E-state index in [1.807, 2.05) is 0 Å². The second kappa shape index (κ2) is 5.55. The van der Waals surface area contributed by atoms with E-state index in [0.29, 0.717) is 12.4 Å². The van der Waals surface area contributed by atoms with Crippen molar-refractivity contribution in [2.24, 2.45) is 11.1 Å². The van der Waals surface area contributed by atoms with E-state index >= 15 is 0 Å². The summed E-state index contributed by atoms with van der Waals surface area (Å²) in [5.41, 5.74) is 10.6. The first kappa shape index (κ1) is 14.7. The molecule has 1 rings (SSSR count). The predicted molar refractivity (Wildman–Crippen MR) is 71.5 cm³/mol. The molecule has 1 amide bonds. The average Bonchev–Trinajstić information content (AvgIpc) is 2.36. The summed E-state index contributed by atoms with van der Waals surface area (Å²) in [6.07, 6.45) is 1.35. The molecule has 0 bridgehead atoms. The number of carbonyl (C=O) groups is 2. The molecule has 0 aliphatic carbocycles. The molecule has 7 nitrogen and oxygen atoms in total. The summed E-state index contributed by atoms with van der Waals surface area (Å²) in [7, 11) is 1.27. The SMILES string of the molecule is COC(=O)c1cc(NCC(C)(C)C(N)=O)ncc1N. The number of hydrogen-bond donors (Lipinski definition) is 3. The fraction of sp³-hybridized carbons (Fsp3) is 0.417. The first-order chi connectivity index (χ1) is 8.77. The van der Waals surface area contributed by atoms with Gasteiger partial charge in [0.1, 0.15) is 5.82 Å². The van der Waals surface area contributed by atoms with Crippen molar-refractivity contribution in [2.45, 2.75) is 13.8 Å². The van der Waals surface area contributed by atoms with Gasteiger partial charge in [-0.1, -0.05) is 0 Å². The molecule has 0 fully saturated rings. The van der Waals surface area contributed by atoms with Gasteiger partial charge < -0.3 is 21.5 Å². The number of rotatable bonds is 5. The lowest BCUT2D eigenvalue weighted by atomic mass is 9.93. The summed E-state index contributed by atoms with van der Waals surface area (Å²) in [5, 5.41) is 2.94. The Morgan fingerprint density at radius 3 is 2.63 bits per heavy atom. The van der Waals surface area contributed by atoms with Gasteiger partial charge in [-0.3, -0.25) is 4.79 Å². The van der Waals surface area contributed by atoms with Crippen LogP contribution in [0.1, 0.15) is 24.2 Å². The number of anilines is 2. The number of nitrogens with zero attached hydrogens (tertiary/aromatic N) is 1. The number of nitrogen functional groups attached to an aromatic ring is 1. The van der Waals surface area contributed by atoms with Crippen molar-refractivity contribution in [3.8, 4) is 0 Å². The van der Waals surface area contributed by atoms with E-state index in [-0.39, 0.29) is 11.3 Å². The van der Waals surface area contributed by atoms with Gasteiger partial charge in [0.2, 0.25) is 5.91 Å². The molecule has 1 aromatic heterocycles. The number of carbonyl (C=O) groups excluding carboxylic acids is 2. The second-order valence-corrected chi connectivity index (χ2v) is 4.75. The van der Waals surface area contributed by atoms with E-state index in [1.165, 1.54) is 19.4 Å². The largest absolute Gasteiger partial charge is 0.465 e. The average molecular weight is 266 g/mol. The molecule has 0 spiro atoms. The number of methoxy groups -OCH3 is 1. The Kier molecular flexibility index (Phi) is 4.31. The molecule has 19 heavy (non-hydrogen) atoms. The minimum Gasteiger partial charge on any atom is -0.465 e. The first-order valence-electron chi connectivity index (χ1n) is 5.65. The lowest BCUT2D eigenvalue weighted by molar-refractivity contribution is -0.125. The zero-order chi connectivity index (χ0) is 14.6. The molecule has 1 aromatic rings. The molecule has 5 N–H and O–H groups in total. The van der Waals surface area contributed by atoms with Crippen LogP contribution >= 0.6 is 0 Å². The van der Waals surface area contributed by atoms with Crippen LogP contribution in [-0.2, 0) is 9.53 Å². The standard InChI is InChI=1S/C12H18N4O3/c1-12(2,11(14)18)6-16-9-4-7(10(17)19-3)8(13)5-15-9/h4-5H,6,13H2,1-3H3,(H2,14,18)(H,15,16). The van der Waals surface area contributed by atoms with Crippen molar-refractivity contribution < 1.29 is 14.3 Å². The Balaban J connectivity index is 2.86. The first-order valence-corrected chi connectivity index (χ1v) is 5.65. The Labute approximate surface area is 111 Å². The van der Waals surface area contributed by atoms with Crippen LogP contribution < -0.4 is 16.8 Å². The third kappa shape index (κ3) is 3.57. The van der Waals surface area contributed by atoms with Crippen LogP contribution in [0.3, 0.4) is 0 Å². The van der Waals surface area contributed by atoms with Crippen LogP contribution in [0.25, 0.3) is 0 Å². The quantitative estimate of drug-likeness (QED) is 0.662. The van der Waals surface area contributed by atoms with E-state index in [4.69, 9.17) is 11.5 Å². The van der Waals surface area contributed by atoms with Crippen molar-refractivity contribution in [1.82, 2.24) is 4.98 Å². The van der Waals surface area contributed by atoms with Crippen molar-refractivity contribution in [3.05, 3.63) is 17.8 Å². The smallest absolute Gasteiger partial charge is 0.340 e. The van der Waals surface area contributed by atoms with Gasteiger partial charge in [-0.15, -0.1) is 0 Å². The molecule has 0 aliphatic heterocycles. The molecule has 104 valence electrons. The van der Waals surface area contributed by atoms with Crippen molar-refractivity contribution >= 4 is 23.4 Å². The monoisotopic (exact) mass is 266 g/mol. The van der Waals surface area contributed by atoms with Crippen molar-refractivity contribution in [1.29, 1.82) is 0 Å². The third-order valence-corrected chi connectivity index (χ3v) is 2.72. The summed E-state index contributed by atoms with van der Waals surface area (Å²) in [6, 6.07) is 1.47. The number of esters is 1. The fourth-order valence-electron chi connectivity index (χ4n) is 1.25. The number of primary amides is 1. The summed E-state index contributed by atoms with van der Waals surface area (Å²) in [4.78, 5) is 26.7. The molecular weight excluding hydrogens is 248 g/mol. The number of amides is 1. The number of nitrogens with one attached hydrogen (secondary N) is 1. The molecule has 0 atom stereocenters. The highest BCUT2D eigenvalue weighted by atomic mass is 16.5. The van der Waals surface area contributed by atoms with Gasteiger partial charge >= 0.3 is 5.97 Å². The van der Waals surface area contributed by atoms with Crippen LogP contribution in [0.5, 0.6) is 0 Å². The van der Waals surface area contributed by atoms with Gasteiger partial charge in [-0.2, -0.15) is 0 Å².